The highest BCUT2D eigenvalue weighted by molar-refractivity contribution is 5.97. The van der Waals surface area contributed by atoms with Crippen molar-refractivity contribution in [2.45, 2.75) is 38.8 Å². The Hall–Kier alpha value is -3.19. The van der Waals surface area contributed by atoms with Crippen LogP contribution in [0.25, 0.3) is 11.0 Å². The normalized spacial score (nSPS) is 21.5. The van der Waals surface area contributed by atoms with Crippen molar-refractivity contribution in [3.63, 3.8) is 0 Å². The van der Waals surface area contributed by atoms with E-state index >= 15 is 0 Å². The van der Waals surface area contributed by atoms with Gasteiger partial charge in [0.05, 0.1) is 30.5 Å². The number of pyridine rings is 2. The number of morpholine rings is 1. The smallest absolute Gasteiger partial charge is 0.259 e. The van der Waals surface area contributed by atoms with Crippen molar-refractivity contribution in [1.29, 1.82) is 0 Å². The largest absolute Gasteiger partial charge is 0.381 e. The van der Waals surface area contributed by atoms with Crippen LogP contribution in [-0.2, 0) is 11.3 Å². The number of rotatable bonds is 4. The van der Waals surface area contributed by atoms with E-state index in [1.807, 2.05) is 35.8 Å². The van der Waals surface area contributed by atoms with E-state index in [-0.39, 0.29) is 22.9 Å². The molecule has 1 aliphatic heterocycles. The fraction of sp³-hybridized carbons (Fsp3) is 0.400. The van der Waals surface area contributed by atoms with Crippen molar-refractivity contribution in [3.05, 3.63) is 70.7 Å². The quantitative estimate of drug-likeness (QED) is 0.797. The molecule has 1 aliphatic carbocycles. The molecule has 1 amide bonds. The molecule has 0 saturated carbocycles. The van der Waals surface area contributed by atoms with Crippen molar-refractivity contribution >= 4 is 22.6 Å². The number of amides is 1. The average molecular weight is 435 g/mol. The van der Waals surface area contributed by atoms with Gasteiger partial charge in [-0.1, -0.05) is 36.5 Å². The molecule has 0 aromatic carbocycles. The first-order chi connectivity index (χ1) is 15.6. The van der Waals surface area contributed by atoms with Crippen LogP contribution in [0.1, 0.15) is 36.5 Å². The number of hydrogen-bond donors (Lipinski definition) is 1. The molecule has 3 heterocycles. The lowest BCUT2D eigenvalue weighted by Gasteiger charge is -2.27. The van der Waals surface area contributed by atoms with Gasteiger partial charge >= 0.3 is 0 Å². The van der Waals surface area contributed by atoms with Crippen LogP contribution in [0.4, 0.5) is 5.69 Å². The Morgan fingerprint density at radius 1 is 1.31 bits per heavy atom. The summed E-state index contributed by atoms with van der Waals surface area (Å²) in [5, 5.41) is 3.98. The number of ether oxygens (including phenoxy) is 1. The molecule has 7 nitrogen and oxygen atoms in total. The molecule has 7 heteroatoms. The third kappa shape index (κ3) is 4.83. The summed E-state index contributed by atoms with van der Waals surface area (Å²) in [6.07, 6.45) is 14.4. The molecule has 2 aromatic heterocycles. The molecule has 1 unspecified atom stereocenters. The molecule has 0 bridgehead atoms. The lowest BCUT2D eigenvalue weighted by atomic mass is 10.0. The Kier molecular flexibility index (Phi) is 6.85. The van der Waals surface area contributed by atoms with Gasteiger partial charge in [0.15, 0.2) is 0 Å². The highest BCUT2D eigenvalue weighted by Gasteiger charge is 2.23. The Morgan fingerprint density at radius 2 is 2.12 bits per heavy atom. The highest BCUT2D eigenvalue weighted by Crippen LogP contribution is 2.21. The standard InChI is InChI=1S/C25H30N4O3/c1-3-28-17-22(25(31)29-10-12-32-13-11-29)23(30)21-15-20(16-26-24(21)28)27-19-9-7-5-4-6-8-18(2)14-19/h4-6,8,15-17,19,27H,2-3,7,9-14H2,1H3/b5-4-,8-6-. The summed E-state index contributed by atoms with van der Waals surface area (Å²) >= 11 is 0. The highest BCUT2D eigenvalue weighted by atomic mass is 16.5. The van der Waals surface area contributed by atoms with Crippen molar-refractivity contribution < 1.29 is 9.53 Å². The lowest BCUT2D eigenvalue weighted by Crippen LogP contribution is -2.42. The monoisotopic (exact) mass is 434 g/mol. The predicted octanol–water partition coefficient (Wildman–Crippen LogP) is 3.52. The summed E-state index contributed by atoms with van der Waals surface area (Å²) in [6.45, 7) is 8.70. The zero-order valence-electron chi connectivity index (χ0n) is 18.5. The van der Waals surface area contributed by atoms with Crippen LogP contribution in [0, 0.1) is 0 Å². The number of carbonyl (C=O) groups excluding carboxylic acids is 1. The summed E-state index contributed by atoms with van der Waals surface area (Å²) < 4.78 is 7.21. The molecule has 1 saturated heterocycles. The second-order valence-corrected chi connectivity index (χ2v) is 8.23. The number of nitrogens with one attached hydrogen (secondary N) is 1. The van der Waals surface area contributed by atoms with Crippen molar-refractivity contribution in [2.75, 3.05) is 31.6 Å². The molecule has 0 spiro atoms. The summed E-state index contributed by atoms with van der Waals surface area (Å²) in [5.41, 5.74) is 2.33. The number of anilines is 1. The molecular weight excluding hydrogens is 404 g/mol. The molecule has 4 rings (SSSR count). The zero-order chi connectivity index (χ0) is 22.5. The Labute approximate surface area is 188 Å². The average Bonchev–Trinajstić information content (AvgIpc) is 2.91. The van der Waals surface area contributed by atoms with Crippen LogP contribution in [-0.4, -0.2) is 52.7 Å². The SMILES string of the molecule is C=C1/C=C\C=C/CCC(Nc2cnc3c(c2)c(=O)c(C(=O)N2CCOCC2)cn3CC)C1. The van der Waals surface area contributed by atoms with E-state index in [4.69, 9.17) is 4.74 Å². The number of aryl methyl sites for hydroxylation is 1. The molecule has 32 heavy (non-hydrogen) atoms. The minimum absolute atomic E-state index is 0.181. The molecular formula is C25H30N4O3. The summed E-state index contributed by atoms with van der Waals surface area (Å²) in [6, 6.07) is 2.01. The molecule has 168 valence electrons. The van der Waals surface area contributed by atoms with Crippen molar-refractivity contribution in [3.8, 4) is 0 Å². The topological polar surface area (TPSA) is 76.5 Å². The number of carbonyl (C=O) groups is 1. The predicted molar refractivity (Wildman–Crippen MR) is 127 cm³/mol. The van der Waals surface area contributed by atoms with Gasteiger partial charge in [0.2, 0.25) is 5.43 Å². The molecule has 0 radical (unpaired) electrons. The van der Waals surface area contributed by atoms with E-state index < -0.39 is 0 Å². The van der Waals surface area contributed by atoms with Crippen molar-refractivity contribution in [1.82, 2.24) is 14.5 Å². The number of fused-ring (bicyclic) bond motifs is 1. The summed E-state index contributed by atoms with van der Waals surface area (Å²) in [4.78, 5) is 32.7. The molecule has 2 aromatic rings. The van der Waals surface area contributed by atoms with Gasteiger partial charge in [0.25, 0.3) is 5.91 Å². The van der Waals surface area contributed by atoms with E-state index in [1.54, 1.807) is 17.3 Å². The maximum Gasteiger partial charge on any atom is 0.259 e. The molecule has 1 fully saturated rings. The van der Waals surface area contributed by atoms with Crippen LogP contribution in [0.15, 0.2) is 59.7 Å². The maximum atomic E-state index is 13.3. The van der Waals surface area contributed by atoms with E-state index in [2.05, 4.69) is 23.0 Å². The second kappa shape index (κ2) is 9.96. The van der Waals surface area contributed by atoms with Crippen LogP contribution in [0.5, 0.6) is 0 Å². The molecule has 2 aliphatic rings. The van der Waals surface area contributed by atoms with Crippen LogP contribution < -0.4 is 10.7 Å². The third-order valence-corrected chi connectivity index (χ3v) is 5.92. The van der Waals surface area contributed by atoms with Crippen molar-refractivity contribution in [2.24, 2.45) is 0 Å². The van der Waals surface area contributed by atoms with Gasteiger partial charge in [-0.15, -0.1) is 0 Å². The number of hydrogen-bond acceptors (Lipinski definition) is 5. The first-order valence-corrected chi connectivity index (χ1v) is 11.2. The van der Waals surface area contributed by atoms with Gasteiger partial charge in [-0.25, -0.2) is 4.98 Å². The molecule has 1 atom stereocenters. The van der Waals surface area contributed by atoms with Crippen LogP contribution in [0.2, 0.25) is 0 Å². The van der Waals surface area contributed by atoms with E-state index in [9.17, 15) is 9.59 Å². The maximum absolute atomic E-state index is 13.3. The minimum Gasteiger partial charge on any atom is -0.381 e. The summed E-state index contributed by atoms with van der Waals surface area (Å²) in [7, 11) is 0. The third-order valence-electron chi connectivity index (χ3n) is 5.92. The van der Waals surface area contributed by atoms with Gasteiger partial charge in [-0.05, 0) is 32.3 Å². The Morgan fingerprint density at radius 3 is 2.91 bits per heavy atom. The van der Waals surface area contributed by atoms with Crippen LogP contribution in [0.3, 0.4) is 0 Å². The van der Waals surface area contributed by atoms with E-state index in [1.165, 1.54) is 0 Å². The van der Waals surface area contributed by atoms with Gasteiger partial charge < -0.3 is 19.5 Å². The van der Waals surface area contributed by atoms with E-state index in [0.29, 0.717) is 43.9 Å². The van der Waals surface area contributed by atoms with Gasteiger partial charge in [0, 0.05) is 31.9 Å². The number of nitrogens with zero attached hydrogens (tertiary/aromatic N) is 3. The zero-order valence-corrected chi connectivity index (χ0v) is 18.5. The Bertz CT molecular complexity index is 1130. The number of allylic oxidation sites excluding steroid dienone is 4. The summed E-state index contributed by atoms with van der Waals surface area (Å²) in [5.74, 6) is -0.244. The fourth-order valence-corrected chi connectivity index (χ4v) is 4.19. The first-order valence-electron chi connectivity index (χ1n) is 11.2. The number of aromatic nitrogens is 2. The van der Waals surface area contributed by atoms with E-state index in [0.717, 1.165) is 30.5 Å². The van der Waals surface area contributed by atoms with Gasteiger partial charge in [0.1, 0.15) is 11.2 Å². The van der Waals surface area contributed by atoms with Gasteiger partial charge in [-0.2, -0.15) is 0 Å². The lowest BCUT2D eigenvalue weighted by molar-refractivity contribution is 0.0301. The second-order valence-electron chi connectivity index (χ2n) is 8.23. The van der Waals surface area contributed by atoms with Gasteiger partial charge in [-0.3, -0.25) is 9.59 Å². The first kappa shape index (κ1) is 22.0. The van der Waals surface area contributed by atoms with Crippen LogP contribution >= 0.6 is 0 Å². The molecule has 1 N–H and O–H groups in total. The minimum atomic E-state index is -0.276. The Balaban J connectivity index is 1.67. The fourth-order valence-electron chi connectivity index (χ4n) is 4.19.